The Labute approximate surface area is 107 Å². The van der Waals surface area contributed by atoms with Crippen LogP contribution in [0.4, 0.5) is 5.95 Å². The molecule has 16 heavy (non-hydrogen) atoms. The Kier molecular flexibility index (Phi) is 2.47. The van der Waals surface area contributed by atoms with Crippen LogP contribution in [0, 0.1) is 3.57 Å². The summed E-state index contributed by atoms with van der Waals surface area (Å²) in [6, 6.07) is 0.264. The van der Waals surface area contributed by atoms with Crippen molar-refractivity contribution in [1.82, 2.24) is 14.4 Å². The van der Waals surface area contributed by atoms with E-state index in [2.05, 4.69) is 37.5 Å². The molecule has 6 heteroatoms. The van der Waals surface area contributed by atoms with Crippen molar-refractivity contribution in [3.63, 3.8) is 0 Å². The molecular weight excluding hydrogens is 317 g/mol. The van der Waals surface area contributed by atoms with Gasteiger partial charge in [0.25, 0.3) is 0 Å². The molecule has 1 aliphatic rings. The number of nitrogens with zero attached hydrogens (tertiary/aromatic N) is 4. The van der Waals surface area contributed by atoms with Crippen LogP contribution in [0.5, 0.6) is 0 Å². The first-order valence-corrected chi connectivity index (χ1v) is 6.31. The third-order valence-electron chi connectivity index (χ3n) is 2.87. The Morgan fingerprint density at radius 2 is 2.31 bits per heavy atom. The molecule has 0 aliphatic carbocycles. The zero-order chi connectivity index (χ0) is 11.1. The molecule has 3 rings (SSSR count). The van der Waals surface area contributed by atoms with Crippen molar-refractivity contribution in [3.05, 3.63) is 22.2 Å². The van der Waals surface area contributed by atoms with Crippen LogP contribution in [0.2, 0.25) is 0 Å². The molecule has 0 amide bonds. The minimum absolute atomic E-state index is 0.264. The summed E-state index contributed by atoms with van der Waals surface area (Å²) in [7, 11) is 0. The number of anilines is 1. The summed E-state index contributed by atoms with van der Waals surface area (Å²) in [5.74, 6) is 0.945. The number of fused-ring (bicyclic) bond motifs is 1. The number of rotatable bonds is 1. The van der Waals surface area contributed by atoms with Gasteiger partial charge in [0, 0.05) is 37.7 Å². The number of nitrogens with two attached hydrogens (primary N) is 1. The molecule has 2 aromatic heterocycles. The predicted molar refractivity (Wildman–Crippen MR) is 70.5 cm³/mol. The fourth-order valence-corrected chi connectivity index (χ4v) is 2.62. The van der Waals surface area contributed by atoms with E-state index < -0.39 is 0 Å². The molecule has 84 valence electrons. The van der Waals surface area contributed by atoms with E-state index in [-0.39, 0.29) is 6.04 Å². The van der Waals surface area contributed by atoms with Gasteiger partial charge in [-0.3, -0.25) is 4.40 Å². The summed E-state index contributed by atoms with van der Waals surface area (Å²) in [6.07, 6.45) is 6.65. The lowest BCUT2D eigenvalue weighted by atomic mass is 10.3. The van der Waals surface area contributed by atoms with Gasteiger partial charge in [0.05, 0.1) is 3.57 Å². The zero-order valence-corrected chi connectivity index (χ0v) is 10.8. The third-order valence-corrected chi connectivity index (χ3v) is 3.63. The van der Waals surface area contributed by atoms with E-state index in [0.29, 0.717) is 0 Å². The van der Waals surface area contributed by atoms with E-state index in [9.17, 15) is 0 Å². The van der Waals surface area contributed by atoms with Crippen molar-refractivity contribution in [2.45, 2.75) is 12.5 Å². The Bertz CT molecular complexity index is 523. The predicted octanol–water partition coefficient (Wildman–Crippen LogP) is 0.871. The van der Waals surface area contributed by atoms with E-state index in [4.69, 9.17) is 5.73 Å². The van der Waals surface area contributed by atoms with Gasteiger partial charge in [0.1, 0.15) is 0 Å². The van der Waals surface area contributed by atoms with Crippen LogP contribution in [0.25, 0.3) is 5.65 Å². The molecule has 0 aromatic carbocycles. The monoisotopic (exact) mass is 329 g/mol. The summed E-state index contributed by atoms with van der Waals surface area (Å²) < 4.78 is 3.09. The average molecular weight is 329 g/mol. The largest absolute Gasteiger partial charge is 0.340 e. The van der Waals surface area contributed by atoms with Gasteiger partial charge in [-0.25, -0.2) is 9.97 Å². The molecule has 1 aliphatic heterocycles. The third kappa shape index (κ3) is 1.56. The molecule has 0 radical (unpaired) electrons. The second-order valence-electron chi connectivity index (χ2n) is 4.02. The highest BCUT2D eigenvalue weighted by Crippen LogP contribution is 2.21. The number of hydrogen-bond donors (Lipinski definition) is 1. The molecule has 1 unspecified atom stereocenters. The SMILES string of the molecule is NC1CCN(c2ncc(I)c3nccn23)C1. The first-order chi connectivity index (χ1) is 7.75. The minimum atomic E-state index is 0.264. The van der Waals surface area contributed by atoms with Gasteiger partial charge in [-0.1, -0.05) is 0 Å². The number of halogens is 1. The number of hydrogen-bond acceptors (Lipinski definition) is 4. The maximum absolute atomic E-state index is 5.92. The van der Waals surface area contributed by atoms with Crippen LogP contribution in [-0.4, -0.2) is 33.5 Å². The normalized spacial score (nSPS) is 20.9. The van der Waals surface area contributed by atoms with Crippen molar-refractivity contribution in [2.24, 2.45) is 5.73 Å². The topological polar surface area (TPSA) is 59.5 Å². The highest BCUT2D eigenvalue weighted by atomic mass is 127. The van der Waals surface area contributed by atoms with Crippen molar-refractivity contribution in [1.29, 1.82) is 0 Å². The molecule has 2 N–H and O–H groups in total. The molecule has 5 nitrogen and oxygen atoms in total. The number of aromatic nitrogens is 3. The molecule has 0 bridgehead atoms. The summed E-state index contributed by atoms with van der Waals surface area (Å²) in [6.45, 7) is 1.85. The quantitative estimate of drug-likeness (QED) is 0.789. The maximum atomic E-state index is 5.92. The molecule has 1 atom stereocenters. The second kappa shape index (κ2) is 3.85. The zero-order valence-electron chi connectivity index (χ0n) is 8.67. The van der Waals surface area contributed by atoms with Gasteiger partial charge >= 0.3 is 0 Å². The van der Waals surface area contributed by atoms with Crippen LogP contribution < -0.4 is 10.6 Å². The lowest BCUT2D eigenvalue weighted by Crippen LogP contribution is -2.28. The van der Waals surface area contributed by atoms with E-state index in [1.54, 1.807) is 6.20 Å². The van der Waals surface area contributed by atoms with Gasteiger partial charge in [-0.15, -0.1) is 0 Å². The van der Waals surface area contributed by atoms with Gasteiger partial charge in [0.2, 0.25) is 5.95 Å². The minimum Gasteiger partial charge on any atom is -0.340 e. The first-order valence-electron chi connectivity index (χ1n) is 5.24. The summed E-state index contributed by atoms with van der Waals surface area (Å²) in [4.78, 5) is 11.0. The van der Waals surface area contributed by atoms with E-state index in [1.807, 2.05) is 16.8 Å². The highest BCUT2D eigenvalue weighted by Gasteiger charge is 2.22. The van der Waals surface area contributed by atoms with Crippen molar-refractivity contribution >= 4 is 34.2 Å². The van der Waals surface area contributed by atoms with Gasteiger partial charge in [-0.05, 0) is 29.0 Å². The highest BCUT2D eigenvalue weighted by molar-refractivity contribution is 14.1. The molecular formula is C10H12IN5. The lowest BCUT2D eigenvalue weighted by molar-refractivity contribution is 0.749. The van der Waals surface area contributed by atoms with Crippen molar-refractivity contribution in [3.8, 4) is 0 Å². The van der Waals surface area contributed by atoms with E-state index in [1.165, 1.54) is 0 Å². The second-order valence-corrected chi connectivity index (χ2v) is 5.18. The van der Waals surface area contributed by atoms with Crippen molar-refractivity contribution < 1.29 is 0 Å². The molecule has 0 saturated carbocycles. The lowest BCUT2D eigenvalue weighted by Gasteiger charge is -2.18. The van der Waals surface area contributed by atoms with Crippen LogP contribution in [0.3, 0.4) is 0 Å². The van der Waals surface area contributed by atoms with E-state index >= 15 is 0 Å². The van der Waals surface area contributed by atoms with Gasteiger partial charge in [0.15, 0.2) is 5.65 Å². The van der Waals surface area contributed by atoms with Crippen LogP contribution in [-0.2, 0) is 0 Å². The van der Waals surface area contributed by atoms with Gasteiger partial charge in [-0.2, -0.15) is 0 Å². The molecule has 2 aromatic rings. The Morgan fingerprint density at radius 1 is 1.44 bits per heavy atom. The smallest absolute Gasteiger partial charge is 0.211 e. The maximum Gasteiger partial charge on any atom is 0.211 e. The Morgan fingerprint density at radius 3 is 3.06 bits per heavy atom. The van der Waals surface area contributed by atoms with Crippen LogP contribution >= 0.6 is 22.6 Å². The summed E-state index contributed by atoms with van der Waals surface area (Å²) >= 11 is 2.25. The van der Waals surface area contributed by atoms with Crippen molar-refractivity contribution in [2.75, 3.05) is 18.0 Å². The molecule has 1 saturated heterocycles. The molecule has 0 spiro atoms. The van der Waals surface area contributed by atoms with Crippen LogP contribution in [0.1, 0.15) is 6.42 Å². The van der Waals surface area contributed by atoms with E-state index in [0.717, 1.165) is 34.7 Å². The standard InChI is InChI=1S/C10H12IN5/c11-8-5-14-10(15-3-1-7(12)6-15)16-4-2-13-9(8)16/h2,4-5,7H,1,3,6,12H2. The van der Waals surface area contributed by atoms with Gasteiger partial charge < -0.3 is 10.6 Å². The summed E-state index contributed by atoms with van der Waals surface area (Å²) in [5.41, 5.74) is 6.88. The Hall–Kier alpha value is -0.890. The fourth-order valence-electron chi connectivity index (χ4n) is 2.08. The average Bonchev–Trinajstić information content (AvgIpc) is 2.87. The first kappa shape index (κ1) is 10.3. The summed E-state index contributed by atoms with van der Waals surface area (Å²) in [5, 5.41) is 0. The van der Waals surface area contributed by atoms with Crippen LogP contribution in [0.15, 0.2) is 18.6 Å². The molecule has 1 fully saturated rings. The fraction of sp³-hybridized carbons (Fsp3) is 0.400. The Balaban J connectivity index is 2.10. The molecule has 3 heterocycles. The number of imidazole rings is 1.